The molecule has 0 rings (SSSR count). The number of ether oxygens (including phenoxy) is 4. The van der Waals surface area contributed by atoms with Crippen molar-refractivity contribution in [3.05, 3.63) is 0 Å². The van der Waals surface area contributed by atoms with Crippen LogP contribution >= 0.6 is 15.6 Å². The van der Waals surface area contributed by atoms with E-state index in [1.807, 2.05) is 0 Å². The Hall–Kier alpha value is -1.94. The third-order valence-electron chi connectivity index (χ3n) is 19.1. The molecule has 6 atom stereocenters. The molecule has 0 aromatic rings. The molecule has 0 fully saturated rings. The van der Waals surface area contributed by atoms with Crippen LogP contribution in [0, 0.1) is 11.8 Å². The average Bonchev–Trinajstić information content (AvgIpc) is 1.53. The Morgan fingerprint density at radius 2 is 0.515 bits per heavy atom. The van der Waals surface area contributed by atoms with Crippen molar-refractivity contribution in [1.82, 2.24) is 0 Å². The summed E-state index contributed by atoms with van der Waals surface area (Å²) >= 11 is 0. The molecule has 0 aromatic heterocycles. The number of carbonyl (C=O) groups excluding carboxylic acids is 4. The number of hydrogen-bond donors (Lipinski definition) is 3. The van der Waals surface area contributed by atoms with Crippen molar-refractivity contribution in [2.24, 2.45) is 11.8 Å². The molecule has 0 aromatic carbocycles. The quantitative estimate of drug-likeness (QED) is 0.0222. The zero-order chi connectivity index (χ0) is 72.8. The lowest BCUT2D eigenvalue weighted by Gasteiger charge is -2.21. The summed E-state index contributed by atoms with van der Waals surface area (Å²) < 4.78 is 68.6. The number of rotatable bonds is 79. The van der Waals surface area contributed by atoms with Crippen LogP contribution < -0.4 is 0 Å². The molecular weight excluding hydrogens is 1290 g/mol. The van der Waals surface area contributed by atoms with Gasteiger partial charge in [0.15, 0.2) is 12.2 Å². The maximum atomic E-state index is 13.1. The van der Waals surface area contributed by atoms with Crippen LogP contribution in [-0.2, 0) is 65.4 Å². The fourth-order valence-electron chi connectivity index (χ4n) is 12.3. The predicted octanol–water partition coefficient (Wildman–Crippen LogP) is 23.9. The first-order chi connectivity index (χ1) is 47.9. The second-order valence-electron chi connectivity index (χ2n) is 29.5. The van der Waals surface area contributed by atoms with Crippen molar-refractivity contribution in [1.29, 1.82) is 0 Å². The molecule has 0 aliphatic rings. The van der Waals surface area contributed by atoms with Crippen LogP contribution in [0.4, 0.5) is 0 Å². The fraction of sp³-hybridized carbons (Fsp3) is 0.950. The van der Waals surface area contributed by atoms with E-state index in [-0.39, 0.29) is 25.7 Å². The molecule has 0 radical (unpaired) electrons. The maximum absolute atomic E-state index is 13.1. The van der Waals surface area contributed by atoms with Gasteiger partial charge >= 0.3 is 39.5 Å². The minimum atomic E-state index is -4.96. The predicted molar refractivity (Wildman–Crippen MR) is 405 cm³/mol. The fourth-order valence-corrected chi connectivity index (χ4v) is 13.9. The summed E-state index contributed by atoms with van der Waals surface area (Å²) in [6.45, 7) is 9.64. The monoisotopic (exact) mass is 1450 g/mol. The van der Waals surface area contributed by atoms with Crippen LogP contribution in [0.2, 0.25) is 0 Å². The van der Waals surface area contributed by atoms with Crippen molar-refractivity contribution in [2.45, 2.75) is 439 Å². The number of phosphoric acid groups is 2. The Kier molecular flexibility index (Phi) is 70.3. The third-order valence-corrected chi connectivity index (χ3v) is 21.0. The summed E-state index contributed by atoms with van der Waals surface area (Å²) in [6.07, 6.45) is 61.2. The summed E-state index contributed by atoms with van der Waals surface area (Å²) in [6, 6.07) is 0. The van der Waals surface area contributed by atoms with Crippen LogP contribution in [0.3, 0.4) is 0 Å². The van der Waals surface area contributed by atoms with Gasteiger partial charge in [-0.05, 0) is 37.5 Å². The molecule has 0 heterocycles. The number of carbonyl (C=O) groups is 4. The van der Waals surface area contributed by atoms with Gasteiger partial charge in [-0.3, -0.25) is 37.3 Å². The first-order valence-corrected chi connectivity index (χ1v) is 44.5. The van der Waals surface area contributed by atoms with E-state index in [1.165, 1.54) is 225 Å². The second kappa shape index (κ2) is 71.7. The van der Waals surface area contributed by atoms with E-state index >= 15 is 0 Å². The molecule has 99 heavy (non-hydrogen) atoms. The average molecular weight is 1450 g/mol. The molecule has 17 nitrogen and oxygen atoms in total. The smallest absolute Gasteiger partial charge is 0.462 e. The van der Waals surface area contributed by atoms with E-state index in [4.69, 9.17) is 37.0 Å². The summed E-state index contributed by atoms with van der Waals surface area (Å²) in [5.41, 5.74) is 0. The molecule has 0 amide bonds. The minimum Gasteiger partial charge on any atom is -0.462 e. The van der Waals surface area contributed by atoms with Gasteiger partial charge in [0, 0.05) is 25.7 Å². The summed E-state index contributed by atoms with van der Waals surface area (Å²) in [5.74, 6) is -0.502. The van der Waals surface area contributed by atoms with Gasteiger partial charge in [0.1, 0.15) is 19.3 Å². The Labute approximate surface area is 607 Å². The zero-order valence-corrected chi connectivity index (χ0v) is 66.6. The lowest BCUT2D eigenvalue weighted by molar-refractivity contribution is -0.161. The molecule has 3 unspecified atom stereocenters. The van der Waals surface area contributed by atoms with E-state index in [1.54, 1.807) is 0 Å². The molecule has 19 heteroatoms. The number of phosphoric ester groups is 2. The Morgan fingerprint density at radius 1 is 0.293 bits per heavy atom. The molecule has 0 saturated carbocycles. The first-order valence-electron chi connectivity index (χ1n) is 41.5. The van der Waals surface area contributed by atoms with Gasteiger partial charge in [-0.2, -0.15) is 0 Å². The molecule has 3 N–H and O–H groups in total. The molecule has 0 spiro atoms. The second-order valence-corrected chi connectivity index (χ2v) is 32.4. The van der Waals surface area contributed by atoms with Crippen molar-refractivity contribution in [3.8, 4) is 0 Å². The van der Waals surface area contributed by atoms with E-state index in [2.05, 4.69) is 41.5 Å². The highest BCUT2D eigenvalue weighted by Crippen LogP contribution is 2.45. The Balaban J connectivity index is 5.18. The largest absolute Gasteiger partial charge is 0.472 e. The van der Waals surface area contributed by atoms with E-state index in [0.717, 1.165) is 115 Å². The lowest BCUT2D eigenvalue weighted by atomic mass is 9.99. The van der Waals surface area contributed by atoms with E-state index in [0.29, 0.717) is 25.7 Å². The number of hydrogen-bond acceptors (Lipinski definition) is 15. The first kappa shape index (κ1) is 97.1. The van der Waals surface area contributed by atoms with Crippen LogP contribution in [0.1, 0.15) is 420 Å². The number of unbranched alkanes of at least 4 members (excludes halogenated alkanes) is 48. The van der Waals surface area contributed by atoms with Gasteiger partial charge in [0.2, 0.25) is 0 Å². The zero-order valence-electron chi connectivity index (χ0n) is 64.8. The van der Waals surface area contributed by atoms with Crippen LogP contribution in [0.5, 0.6) is 0 Å². The highest BCUT2D eigenvalue weighted by atomic mass is 31.2. The SMILES string of the molecule is CCCCCCCCCCCCCCCCCCCCCC(=O)OC[C@H](COP(=O)(O)OC[C@@H](O)COP(=O)(O)OC[C@@H](COC(=O)CCCCCCCCC)OC(=O)CCCCCCCCCCCCC(C)CC)OC(=O)CCCCCCCCCCCCCCCCCCC(C)C. The van der Waals surface area contributed by atoms with Gasteiger partial charge in [-0.25, -0.2) is 9.13 Å². The summed E-state index contributed by atoms with van der Waals surface area (Å²) in [4.78, 5) is 72.8. The van der Waals surface area contributed by atoms with Gasteiger partial charge in [-0.1, -0.05) is 369 Å². The van der Waals surface area contributed by atoms with Crippen molar-refractivity contribution in [3.63, 3.8) is 0 Å². The minimum absolute atomic E-state index is 0.106. The highest BCUT2D eigenvalue weighted by molar-refractivity contribution is 7.47. The lowest BCUT2D eigenvalue weighted by Crippen LogP contribution is -2.30. The van der Waals surface area contributed by atoms with Gasteiger partial charge in [-0.15, -0.1) is 0 Å². The van der Waals surface area contributed by atoms with Crippen molar-refractivity contribution in [2.75, 3.05) is 39.6 Å². The highest BCUT2D eigenvalue weighted by Gasteiger charge is 2.30. The number of aliphatic hydroxyl groups excluding tert-OH is 1. The van der Waals surface area contributed by atoms with Crippen molar-refractivity contribution >= 4 is 39.5 Å². The molecule has 588 valence electrons. The Morgan fingerprint density at radius 3 is 0.768 bits per heavy atom. The summed E-state index contributed by atoms with van der Waals surface area (Å²) in [7, 11) is -9.91. The molecule has 0 aliphatic heterocycles. The molecule has 0 bridgehead atoms. The van der Waals surface area contributed by atoms with Crippen molar-refractivity contribution < 1.29 is 80.2 Å². The molecular formula is C80H156O17P2. The van der Waals surface area contributed by atoms with Crippen LogP contribution in [0.15, 0.2) is 0 Å². The van der Waals surface area contributed by atoms with E-state index in [9.17, 15) is 43.2 Å². The van der Waals surface area contributed by atoms with E-state index < -0.39 is 97.5 Å². The Bertz CT molecular complexity index is 1910. The number of aliphatic hydroxyl groups is 1. The van der Waals surface area contributed by atoms with Crippen LogP contribution in [-0.4, -0.2) is 96.7 Å². The van der Waals surface area contributed by atoms with Gasteiger partial charge < -0.3 is 33.8 Å². The number of esters is 4. The normalized spacial score (nSPS) is 14.2. The standard InChI is InChI=1S/C80H156O17P2/c1-7-10-12-14-16-17-18-19-20-21-22-23-27-30-33-39-45-51-57-63-78(83)91-69-76(97-79(84)64-58-52-46-40-34-31-28-25-24-26-29-32-37-43-48-54-60-72(4)5)71-95-99(88,89)93-67-74(81)66-92-98(86,87)94-70-75(68-90-77(82)62-56-50-42-15-13-11-8-2)96-80(85)65-59-53-47-41-36-35-38-44-49-55-61-73(6)9-3/h72-76,81H,7-71H2,1-6H3,(H,86,87)(H,88,89)/t73?,74-,75+,76+/m0/s1. The van der Waals surface area contributed by atoms with Gasteiger partial charge in [0.25, 0.3) is 0 Å². The summed E-state index contributed by atoms with van der Waals surface area (Å²) in [5, 5.41) is 10.6. The third kappa shape index (κ3) is 72.8. The topological polar surface area (TPSA) is 237 Å². The molecule has 0 aliphatic carbocycles. The van der Waals surface area contributed by atoms with Gasteiger partial charge in [0.05, 0.1) is 26.4 Å². The molecule has 0 saturated heterocycles. The maximum Gasteiger partial charge on any atom is 0.472 e. The van der Waals surface area contributed by atoms with Crippen LogP contribution in [0.25, 0.3) is 0 Å².